The average molecular weight is 368 g/mol. The molecule has 0 saturated carbocycles. The zero-order valence-electron chi connectivity index (χ0n) is 16.4. The predicted octanol–water partition coefficient (Wildman–Crippen LogP) is 2.01. The largest absolute Gasteiger partial charge is 0.362 e. The molecule has 1 aliphatic heterocycles. The normalized spacial score (nSPS) is 14.6. The minimum Gasteiger partial charge on any atom is -0.362 e. The van der Waals surface area contributed by atoms with Crippen LogP contribution in [0.5, 0.6) is 0 Å². The number of aromatic nitrogens is 3. The second-order valence-corrected chi connectivity index (χ2v) is 7.18. The molecule has 0 aliphatic carbocycles. The quantitative estimate of drug-likeness (QED) is 0.839. The zero-order chi connectivity index (χ0) is 19.4. The number of hydrogen-bond acceptors (Lipinski definition) is 6. The van der Waals surface area contributed by atoms with Crippen molar-refractivity contribution in [1.82, 2.24) is 19.9 Å². The summed E-state index contributed by atoms with van der Waals surface area (Å²) in [5.74, 6) is 1.59. The molecule has 0 saturated heterocycles. The van der Waals surface area contributed by atoms with Crippen LogP contribution >= 0.6 is 0 Å². The Bertz CT molecular complexity index is 793. The molecular formula is C20H28N6O. The van der Waals surface area contributed by atoms with E-state index in [0.717, 1.165) is 48.3 Å². The molecule has 1 atom stereocenters. The van der Waals surface area contributed by atoms with E-state index in [-0.39, 0.29) is 5.91 Å². The summed E-state index contributed by atoms with van der Waals surface area (Å²) in [7, 11) is 3.97. The smallest absolute Gasteiger partial charge is 0.239 e. The van der Waals surface area contributed by atoms with E-state index >= 15 is 0 Å². The van der Waals surface area contributed by atoms with Crippen molar-refractivity contribution in [1.29, 1.82) is 0 Å². The summed E-state index contributed by atoms with van der Waals surface area (Å²) in [4.78, 5) is 30.2. The van der Waals surface area contributed by atoms with Crippen molar-refractivity contribution in [2.24, 2.45) is 5.73 Å². The van der Waals surface area contributed by atoms with Gasteiger partial charge in [-0.1, -0.05) is 19.8 Å². The molecule has 0 bridgehead atoms. The summed E-state index contributed by atoms with van der Waals surface area (Å²) in [5.41, 5.74) is 9.05. The third-order valence-corrected chi connectivity index (χ3v) is 4.90. The van der Waals surface area contributed by atoms with Crippen molar-refractivity contribution in [3.8, 4) is 11.4 Å². The number of hydrogen-bond donors (Lipinski definition) is 1. The van der Waals surface area contributed by atoms with Crippen LogP contribution in [0, 0.1) is 0 Å². The highest BCUT2D eigenvalue weighted by atomic mass is 16.2. The van der Waals surface area contributed by atoms with Gasteiger partial charge in [0.05, 0.1) is 18.3 Å². The summed E-state index contributed by atoms with van der Waals surface area (Å²) in [6.45, 7) is 3.24. The summed E-state index contributed by atoms with van der Waals surface area (Å²) in [6, 6.07) is 3.36. The van der Waals surface area contributed by atoms with Crippen LogP contribution < -0.4 is 10.6 Å². The lowest BCUT2D eigenvalue weighted by molar-refractivity contribution is -0.133. The van der Waals surface area contributed by atoms with Gasteiger partial charge in [-0.3, -0.25) is 9.78 Å². The lowest BCUT2D eigenvalue weighted by atomic mass is 10.0. The first-order chi connectivity index (χ1) is 13.0. The topological polar surface area (TPSA) is 88.2 Å². The van der Waals surface area contributed by atoms with E-state index in [4.69, 9.17) is 15.7 Å². The van der Waals surface area contributed by atoms with Crippen LogP contribution in [0.4, 0.5) is 5.82 Å². The third kappa shape index (κ3) is 4.24. The summed E-state index contributed by atoms with van der Waals surface area (Å²) >= 11 is 0. The van der Waals surface area contributed by atoms with Crippen LogP contribution in [0.15, 0.2) is 24.5 Å². The summed E-state index contributed by atoms with van der Waals surface area (Å²) in [6.07, 6.45) is 6.94. The maximum absolute atomic E-state index is 12.7. The highest BCUT2D eigenvalue weighted by molar-refractivity contribution is 5.82. The summed E-state index contributed by atoms with van der Waals surface area (Å²) in [5, 5.41) is 0. The fraction of sp³-hybridized carbons (Fsp3) is 0.500. The van der Waals surface area contributed by atoms with Gasteiger partial charge >= 0.3 is 0 Å². The number of nitrogens with zero attached hydrogens (tertiary/aromatic N) is 5. The summed E-state index contributed by atoms with van der Waals surface area (Å²) < 4.78 is 0. The number of fused-ring (bicyclic) bond motifs is 1. The lowest BCUT2D eigenvalue weighted by Crippen LogP contribution is -2.46. The van der Waals surface area contributed by atoms with Crippen LogP contribution in [0.3, 0.4) is 0 Å². The number of unbranched alkanes of at least 4 members (excludes halogenated alkanes) is 1. The molecule has 2 aromatic heterocycles. The van der Waals surface area contributed by atoms with Gasteiger partial charge in [-0.05, 0) is 25.0 Å². The van der Waals surface area contributed by atoms with Gasteiger partial charge in [-0.15, -0.1) is 0 Å². The van der Waals surface area contributed by atoms with Crippen molar-refractivity contribution in [2.45, 2.75) is 45.2 Å². The molecule has 3 rings (SSSR count). The number of anilines is 1. The Hall–Kier alpha value is -2.54. The van der Waals surface area contributed by atoms with Gasteiger partial charge in [0.2, 0.25) is 5.91 Å². The molecule has 144 valence electrons. The van der Waals surface area contributed by atoms with E-state index in [0.29, 0.717) is 18.9 Å². The molecule has 3 heterocycles. The van der Waals surface area contributed by atoms with Gasteiger partial charge in [0, 0.05) is 44.2 Å². The Morgan fingerprint density at radius 1 is 1.30 bits per heavy atom. The Kier molecular flexibility index (Phi) is 6.01. The van der Waals surface area contributed by atoms with Gasteiger partial charge in [-0.2, -0.15) is 0 Å². The third-order valence-electron chi connectivity index (χ3n) is 4.90. The first-order valence-electron chi connectivity index (χ1n) is 9.53. The average Bonchev–Trinajstić information content (AvgIpc) is 2.70. The molecule has 1 aliphatic rings. The molecule has 0 aromatic carbocycles. The van der Waals surface area contributed by atoms with E-state index in [1.165, 1.54) is 0 Å². The SMILES string of the molecule is CCCC[C@H](N)C(=O)N1CCc2c(nc(-c3ccncc3)nc2N(C)C)C1. The van der Waals surface area contributed by atoms with E-state index in [9.17, 15) is 4.79 Å². The molecule has 0 spiro atoms. The lowest BCUT2D eigenvalue weighted by Gasteiger charge is -2.32. The number of amides is 1. The van der Waals surface area contributed by atoms with Crippen molar-refractivity contribution < 1.29 is 4.79 Å². The van der Waals surface area contributed by atoms with E-state index < -0.39 is 6.04 Å². The Balaban J connectivity index is 1.90. The Labute approximate surface area is 160 Å². The van der Waals surface area contributed by atoms with Crippen LogP contribution in [-0.4, -0.2) is 52.4 Å². The van der Waals surface area contributed by atoms with Crippen LogP contribution in [0.25, 0.3) is 11.4 Å². The molecule has 7 heteroatoms. The molecule has 0 fully saturated rings. The van der Waals surface area contributed by atoms with E-state index in [2.05, 4.69) is 11.9 Å². The van der Waals surface area contributed by atoms with Gasteiger partial charge in [0.25, 0.3) is 0 Å². The second kappa shape index (κ2) is 8.43. The van der Waals surface area contributed by atoms with Gasteiger partial charge in [0.1, 0.15) is 5.82 Å². The zero-order valence-corrected chi connectivity index (χ0v) is 16.4. The van der Waals surface area contributed by atoms with Gasteiger partial charge in [-0.25, -0.2) is 9.97 Å². The van der Waals surface area contributed by atoms with Gasteiger partial charge < -0.3 is 15.5 Å². The molecule has 2 N–H and O–H groups in total. The second-order valence-electron chi connectivity index (χ2n) is 7.18. The van der Waals surface area contributed by atoms with Crippen molar-refractivity contribution in [2.75, 3.05) is 25.5 Å². The number of nitrogens with two attached hydrogens (primary N) is 1. The van der Waals surface area contributed by atoms with Crippen molar-refractivity contribution in [3.05, 3.63) is 35.8 Å². The first kappa shape index (κ1) is 19.2. The minimum atomic E-state index is -0.429. The van der Waals surface area contributed by atoms with Crippen LogP contribution in [0.1, 0.15) is 37.4 Å². The minimum absolute atomic E-state index is 0.0181. The number of pyridine rings is 1. The number of rotatable bonds is 6. The molecule has 2 aromatic rings. The maximum Gasteiger partial charge on any atom is 0.239 e. The highest BCUT2D eigenvalue weighted by Crippen LogP contribution is 2.28. The molecular weight excluding hydrogens is 340 g/mol. The monoisotopic (exact) mass is 368 g/mol. The number of carbonyl (C=O) groups is 1. The Morgan fingerprint density at radius 2 is 2.04 bits per heavy atom. The molecule has 0 unspecified atom stereocenters. The van der Waals surface area contributed by atoms with Gasteiger partial charge in [0.15, 0.2) is 5.82 Å². The van der Waals surface area contributed by atoms with Crippen LogP contribution in [-0.2, 0) is 17.8 Å². The van der Waals surface area contributed by atoms with Crippen LogP contribution in [0.2, 0.25) is 0 Å². The fourth-order valence-corrected chi connectivity index (χ4v) is 3.38. The maximum atomic E-state index is 12.7. The van der Waals surface area contributed by atoms with E-state index in [1.54, 1.807) is 12.4 Å². The van der Waals surface area contributed by atoms with Crippen molar-refractivity contribution >= 4 is 11.7 Å². The number of carbonyl (C=O) groups excluding carboxylic acids is 1. The fourth-order valence-electron chi connectivity index (χ4n) is 3.38. The molecule has 27 heavy (non-hydrogen) atoms. The Morgan fingerprint density at radius 3 is 2.70 bits per heavy atom. The highest BCUT2D eigenvalue weighted by Gasteiger charge is 2.28. The van der Waals surface area contributed by atoms with Crippen molar-refractivity contribution in [3.63, 3.8) is 0 Å². The first-order valence-corrected chi connectivity index (χ1v) is 9.53. The van der Waals surface area contributed by atoms with E-state index in [1.807, 2.05) is 36.0 Å². The molecule has 7 nitrogen and oxygen atoms in total. The molecule has 1 amide bonds. The molecule has 0 radical (unpaired) electrons. The predicted molar refractivity (Wildman–Crippen MR) is 106 cm³/mol. The standard InChI is InChI=1S/C20H28N6O/c1-4-5-6-16(21)20(27)26-12-9-15-17(13-26)23-18(24-19(15)25(2)3)14-7-10-22-11-8-14/h7-8,10-11,16H,4-6,9,12-13,21H2,1-3H3/t16-/m0/s1.